The second kappa shape index (κ2) is 6.31. The molecular weight excluding hydrogens is 258 g/mol. The summed E-state index contributed by atoms with van der Waals surface area (Å²) in [5.74, 6) is 1.72. The van der Waals surface area contributed by atoms with Crippen molar-refractivity contribution in [1.82, 2.24) is 5.32 Å². The topological polar surface area (TPSA) is 21.3 Å². The number of nitrogens with one attached hydrogen (secondary N) is 1. The molecular formula is C19H23NO. The summed E-state index contributed by atoms with van der Waals surface area (Å²) < 4.78 is 5.30. The fourth-order valence-corrected chi connectivity index (χ4v) is 2.78. The Hall–Kier alpha value is -1.80. The summed E-state index contributed by atoms with van der Waals surface area (Å²) in [7, 11) is 1.71. The van der Waals surface area contributed by atoms with Gasteiger partial charge in [-0.3, -0.25) is 0 Å². The van der Waals surface area contributed by atoms with Gasteiger partial charge in [0, 0.05) is 12.6 Å². The number of benzene rings is 2. The van der Waals surface area contributed by atoms with E-state index in [2.05, 4.69) is 48.6 Å². The molecule has 1 atom stereocenters. The van der Waals surface area contributed by atoms with Gasteiger partial charge in [-0.05, 0) is 54.5 Å². The normalized spacial score (nSPS) is 15.7. The lowest BCUT2D eigenvalue weighted by Crippen LogP contribution is -2.18. The summed E-state index contributed by atoms with van der Waals surface area (Å²) in [6.45, 7) is 3.12. The van der Waals surface area contributed by atoms with Gasteiger partial charge in [0.15, 0.2) is 0 Å². The Morgan fingerprint density at radius 3 is 2.71 bits per heavy atom. The Bertz CT molecular complexity index is 604. The zero-order valence-electron chi connectivity index (χ0n) is 12.8. The lowest BCUT2D eigenvalue weighted by molar-refractivity contribution is 0.413. The van der Waals surface area contributed by atoms with Crippen molar-refractivity contribution in [2.75, 3.05) is 7.11 Å². The smallest absolute Gasteiger partial charge is 0.119 e. The van der Waals surface area contributed by atoms with Crippen molar-refractivity contribution in [3.8, 4) is 5.75 Å². The van der Waals surface area contributed by atoms with E-state index in [9.17, 15) is 0 Å². The predicted octanol–water partition coefficient (Wildman–Crippen LogP) is 4.42. The van der Waals surface area contributed by atoms with Gasteiger partial charge >= 0.3 is 0 Å². The number of hydrogen-bond donors (Lipinski definition) is 1. The van der Waals surface area contributed by atoms with Crippen LogP contribution in [0.3, 0.4) is 0 Å². The highest BCUT2D eigenvalue weighted by Crippen LogP contribution is 2.41. The van der Waals surface area contributed by atoms with Crippen LogP contribution >= 0.6 is 0 Å². The van der Waals surface area contributed by atoms with Gasteiger partial charge in [0.05, 0.1) is 7.11 Å². The number of ether oxygens (including phenoxy) is 1. The first-order chi connectivity index (χ1) is 10.3. The lowest BCUT2D eigenvalue weighted by Gasteiger charge is -2.17. The van der Waals surface area contributed by atoms with Crippen molar-refractivity contribution in [3.63, 3.8) is 0 Å². The van der Waals surface area contributed by atoms with Gasteiger partial charge in [-0.15, -0.1) is 0 Å². The third kappa shape index (κ3) is 3.45. The van der Waals surface area contributed by atoms with Crippen LogP contribution in [0.15, 0.2) is 48.5 Å². The van der Waals surface area contributed by atoms with Gasteiger partial charge in [0.2, 0.25) is 0 Å². The number of methoxy groups -OCH3 is 1. The number of rotatable bonds is 6. The van der Waals surface area contributed by atoms with Crippen LogP contribution in [0.5, 0.6) is 5.75 Å². The van der Waals surface area contributed by atoms with Crippen LogP contribution in [0.2, 0.25) is 0 Å². The van der Waals surface area contributed by atoms with Gasteiger partial charge in [-0.25, -0.2) is 0 Å². The van der Waals surface area contributed by atoms with Crippen LogP contribution in [-0.2, 0) is 6.54 Å². The van der Waals surface area contributed by atoms with Gasteiger partial charge < -0.3 is 10.1 Å². The molecule has 3 rings (SSSR count). The van der Waals surface area contributed by atoms with Crippen LogP contribution in [0, 0.1) is 0 Å². The molecule has 0 unspecified atom stereocenters. The van der Waals surface area contributed by atoms with E-state index in [-0.39, 0.29) is 0 Å². The Morgan fingerprint density at radius 2 is 1.95 bits per heavy atom. The van der Waals surface area contributed by atoms with Crippen LogP contribution < -0.4 is 10.1 Å². The highest BCUT2D eigenvalue weighted by molar-refractivity contribution is 5.34. The standard InChI is InChI=1S/C19H23NO/c1-14(16-7-5-8-18(12-16)21-2)20-13-17-6-3-4-9-19(17)15-10-11-15/h3-9,12,14-15,20H,10-11,13H2,1-2H3/t14-/m0/s1. The Morgan fingerprint density at radius 1 is 1.14 bits per heavy atom. The minimum atomic E-state index is 0.312. The molecule has 1 aliphatic carbocycles. The van der Waals surface area contributed by atoms with Crippen LogP contribution in [0.1, 0.15) is 48.4 Å². The third-order valence-corrected chi connectivity index (χ3v) is 4.26. The first kappa shape index (κ1) is 14.2. The molecule has 2 aromatic carbocycles. The number of hydrogen-bond acceptors (Lipinski definition) is 2. The second-order valence-corrected chi connectivity index (χ2v) is 5.85. The maximum atomic E-state index is 5.30. The Labute approximate surface area is 127 Å². The maximum Gasteiger partial charge on any atom is 0.119 e. The highest BCUT2D eigenvalue weighted by Gasteiger charge is 2.25. The summed E-state index contributed by atoms with van der Waals surface area (Å²) in [6.07, 6.45) is 2.70. The fourth-order valence-electron chi connectivity index (χ4n) is 2.78. The summed E-state index contributed by atoms with van der Waals surface area (Å²) in [6, 6.07) is 17.4. The van der Waals surface area contributed by atoms with Gasteiger partial charge in [-0.1, -0.05) is 36.4 Å². The minimum Gasteiger partial charge on any atom is -0.497 e. The van der Waals surface area contributed by atoms with Crippen molar-refractivity contribution in [3.05, 3.63) is 65.2 Å². The summed E-state index contributed by atoms with van der Waals surface area (Å²) in [5.41, 5.74) is 4.23. The molecule has 1 aliphatic rings. The second-order valence-electron chi connectivity index (χ2n) is 5.85. The molecule has 0 heterocycles. The van der Waals surface area contributed by atoms with Crippen LogP contribution in [0.25, 0.3) is 0 Å². The zero-order valence-corrected chi connectivity index (χ0v) is 12.8. The first-order valence-electron chi connectivity index (χ1n) is 7.73. The zero-order chi connectivity index (χ0) is 14.7. The monoisotopic (exact) mass is 281 g/mol. The van der Waals surface area contributed by atoms with Crippen molar-refractivity contribution in [2.45, 2.75) is 38.3 Å². The summed E-state index contributed by atoms with van der Waals surface area (Å²) in [4.78, 5) is 0. The van der Waals surface area contributed by atoms with E-state index in [0.717, 1.165) is 18.2 Å². The Kier molecular flexibility index (Phi) is 4.26. The van der Waals surface area contributed by atoms with Crippen molar-refractivity contribution < 1.29 is 4.74 Å². The molecule has 0 saturated heterocycles. The molecule has 0 bridgehead atoms. The highest BCUT2D eigenvalue weighted by atomic mass is 16.5. The molecule has 2 nitrogen and oxygen atoms in total. The van der Waals surface area contributed by atoms with Crippen molar-refractivity contribution in [2.24, 2.45) is 0 Å². The van der Waals surface area contributed by atoms with Gasteiger partial charge in [0.25, 0.3) is 0 Å². The molecule has 1 fully saturated rings. The first-order valence-corrected chi connectivity index (χ1v) is 7.73. The molecule has 0 aromatic heterocycles. The van der Waals surface area contributed by atoms with Crippen LogP contribution in [0.4, 0.5) is 0 Å². The maximum absolute atomic E-state index is 5.30. The van der Waals surface area contributed by atoms with E-state index in [1.54, 1.807) is 7.11 Å². The van der Waals surface area contributed by atoms with E-state index in [1.165, 1.54) is 29.5 Å². The van der Waals surface area contributed by atoms with E-state index in [4.69, 9.17) is 4.74 Å². The molecule has 0 aliphatic heterocycles. The van der Waals surface area contributed by atoms with E-state index in [1.807, 2.05) is 12.1 Å². The van der Waals surface area contributed by atoms with E-state index >= 15 is 0 Å². The quantitative estimate of drug-likeness (QED) is 0.846. The molecule has 0 radical (unpaired) electrons. The van der Waals surface area contributed by atoms with E-state index in [0.29, 0.717) is 6.04 Å². The van der Waals surface area contributed by atoms with Gasteiger partial charge in [0.1, 0.15) is 5.75 Å². The van der Waals surface area contributed by atoms with Crippen LogP contribution in [-0.4, -0.2) is 7.11 Å². The lowest BCUT2D eigenvalue weighted by atomic mass is 10.0. The molecule has 0 spiro atoms. The predicted molar refractivity (Wildman–Crippen MR) is 86.7 cm³/mol. The third-order valence-electron chi connectivity index (χ3n) is 4.26. The molecule has 2 aromatic rings. The average molecular weight is 281 g/mol. The largest absolute Gasteiger partial charge is 0.497 e. The Balaban J connectivity index is 1.66. The molecule has 110 valence electrons. The minimum absolute atomic E-state index is 0.312. The molecule has 21 heavy (non-hydrogen) atoms. The van der Waals surface area contributed by atoms with E-state index < -0.39 is 0 Å². The summed E-state index contributed by atoms with van der Waals surface area (Å²) >= 11 is 0. The van der Waals surface area contributed by atoms with Crippen molar-refractivity contribution in [1.29, 1.82) is 0 Å². The fraction of sp³-hybridized carbons (Fsp3) is 0.368. The average Bonchev–Trinajstić information content (AvgIpc) is 3.37. The van der Waals surface area contributed by atoms with Gasteiger partial charge in [-0.2, -0.15) is 0 Å². The molecule has 1 saturated carbocycles. The SMILES string of the molecule is COc1cccc([C@H](C)NCc2ccccc2C2CC2)c1. The molecule has 1 N–H and O–H groups in total. The molecule has 0 amide bonds. The molecule has 2 heteroatoms. The summed E-state index contributed by atoms with van der Waals surface area (Å²) in [5, 5.41) is 3.63. The van der Waals surface area contributed by atoms with Crippen molar-refractivity contribution >= 4 is 0 Å².